The number of amides is 1. The summed E-state index contributed by atoms with van der Waals surface area (Å²) >= 11 is 1.52. The molecule has 0 aliphatic heterocycles. The van der Waals surface area contributed by atoms with Crippen molar-refractivity contribution in [2.75, 3.05) is 12.8 Å². The molecule has 0 atom stereocenters. The van der Waals surface area contributed by atoms with Crippen molar-refractivity contribution in [2.45, 2.75) is 11.3 Å². The molecule has 1 N–H and O–H groups in total. The average Bonchev–Trinajstić information content (AvgIpc) is 3.11. The van der Waals surface area contributed by atoms with Crippen LogP contribution in [-0.4, -0.2) is 37.1 Å². The highest BCUT2D eigenvalue weighted by molar-refractivity contribution is 7.90. The summed E-state index contributed by atoms with van der Waals surface area (Å²) in [4.78, 5) is 21.1. The third-order valence-electron chi connectivity index (χ3n) is 3.63. The molecular formula is C18H17N3O3S2. The SMILES string of the molecule is CS(=O)(=O)c1cccc(C(=O)NCCc2nc(-c3ccccn3)cs2)c1. The lowest BCUT2D eigenvalue weighted by atomic mass is 10.2. The second kappa shape index (κ2) is 7.76. The fraction of sp³-hybridized carbons (Fsp3) is 0.167. The molecule has 134 valence electrons. The highest BCUT2D eigenvalue weighted by atomic mass is 32.2. The van der Waals surface area contributed by atoms with Crippen LogP contribution in [0.5, 0.6) is 0 Å². The molecule has 2 heterocycles. The van der Waals surface area contributed by atoms with Gasteiger partial charge in [-0.1, -0.05) is 12.1 Å². The lowest BCUT2D eigenvalue weighted by Crippen LogP contribution is -2.25. The molecular weight excluding hydrogens is 370 g/mol. The molecule has 0 spiro atoms. The number of benzene rings is 1. The van der Waals surface area contributed by atoms with Gasteiger partial charge < -0.3 is 5.32 Å². The van der Waals surface area contributed by atoms with E-state index in [1.54, 1.807) is 18.3 Å². The Kier molecular flexibility index (Phi) is 5.43. The predicted octanol–water partition coefficient (Wildman–Crippen LogP) is 2.58. The Bertz CT molecular complexity index is 1010. The maximum Gasteiger partial charge on any atom is 0.251 e. The van der Waals surface area contributed by atoms with Crippen molar-refractivity contribution >= 4 is 27.1 Å². The average molecular weight is 387 g/mol. The van der Waals surface area contributed by atoms with Crippen LogP contribution in [0, 0.1) is 0 Å². The standard InChI is InChI=1S/C18H17N3O3S2/c1-26(23,24)14-6-4-5-13(11-14)18(22)20-10-8-17-21-16(12-25-17)15-7-2-3-9-19-15/h2-7,9,11-12H,8,10H2,1H3,(H,20,22). The highest BCUT2D eigenvalue weighted by Gasteiger charge is 2.12. The summed E-state index contributed by atoms with van der Waals surface area (Å²) < 4.78 is 23.2. The summed E-state index contributed by atoms with van der Waals surface area (Å²) in [6.45, 7) is 0.414. The number of hydrogen-bond acceptors (Lipinski definition) is 6. The van der Waals surface area contributed by atoms with Crippen molar-refractivity contribution in [3.05, 3.63) is 64.6 Å². The van der Waals surface area contributed by atoms with Crippen LogP contribution >= 0.6 is 11.3 Å². The van der Waals surface area contributed by atoms with Gasteiger partial charge in [0.1, 0.15) is 0 Å². The highest BCUT2D eigenvalue weighted by Crippen LogP contribution is 2.19. The molecule has 0 saturated carbocycles. The lowest BCUT2D eigenvalue weighted by molar-refractivity contribution is 0.0954. The molecule has 8 heteroatoms. The van der Waals surface area contributed by atoms with Gasteiger partial charge in [0, 0.05) is 36.4 Å². The summed E-state index contributed by atoms with van der Waals surface area (Å²) in [6, 6.07) is 11.7. The fourth-order valence-corrected chi connectivity index (χ4v) is 3.77. The summed E-state index contributed by atoms with van der Waals surface area (Å²) in [5.74, 6) is -0.308. The van der Waals surface area contributed by atoms with E-state index in [4.69, 9.17) is 0 Å². The molecule has 0 saturated heterocycles. The van der Waals surface area contributed by atoms with Crippen molar-refractivity contribution in [3.8, 4) is 11.4 Å². The third-order valence-corrected chi connectivity index (χ3v) is 5.65. The number of pyridine rings is 1. The second-order valence-electron chi connectivity index (χ2n) is 5.65. The normalized spacial score (nSPS) is 11.3. The smallest absolute Gasteiger partial charge is 0.251 e. The quantitative estimate of drug-likeness (QED) is 0.702. The van der Waals surface area contributed by atoms with Crippen LogP contribution in [0.1, 0.15) is 15.4 Å². The van der Waals surface area contributed by atoms with E-state index in [-0.39, 0.29) is 10.8 Å². The fourth-order valence-electron chi connectivity index (χ4n) is 2.31. The van der Waals surface area contributed by atoms with Gasteiger partial charge in [-0.2, -0.15) is 0 Å². The molecule has 6 nitrogen and oxygen atoms in total. The predicted molar refractivity (Wildman–Crippen MR) is 101 cm³/mol. The first kappa shape index (κ1) is 18.2. The Morgan fingerprint density at radius 3 is 2.73 bits per heavy atom. The molecule has 1 aromatic carbocycles. The molecule has 0 unspecified atom stereocenters. The zero-order chi connectivity index (χ0) is 18.6. The van der Waals surface area contributed by atoms with Crippen molar-refractivity contribution in [3.63, 3.8) is 0 Å². The largest absolute Gasteiger partial charge is 0.352 e. The van der Waals surface area contributed by atoms with Crippen LogP contribution in [0.2, 0.25) is 0 Å². The maximum atomic E-state index is 12.2. The van der Waals surface area contributed by atoms with E-state index >= 15 is 0 Å². The van der Waals surface area contributed by atoms with Gasteiger partial charge in [-0.05, 0) is 30.3 Å². The number of carbonyl (C=O) groups excluding carboxylic acids is 1. The van der Waals surface area contributed by atoms with Crippen LogP contribution in [0.3, 0.4) is 0 Å². The Hall–Kier alpha value is -2.58. The van der Waals surface area contributed by atoms with Crippen molar-refractivity contribution < 1.29 is 13.2 Å². The van der Waals surface area contributed by atoms with E-state index in [1.165, 1.54) is 23.5 Å². The van der Waals surface area contributed by atoms with E-state index in [1.807, 2.05) is 23.6 Å². The zero-order valence-corrected chi connectivity index (χ0v) is 15.7. The molecule has 3 rings (SSSR count). The molecule has 0 aliphatic rings. The molecule has 3 aromatic rings. The Balaban J connectivity index is 1.59. The second-order valence-corrected chi connectivity index (χ2v) is 8.61. The summed E-state index contributed by atoms with van der Waals surface area (Å²) in [6.07, 6.45) is 3.43. The van der Waals surface area contributed by atoms with E-state index in [0.717, 1.165) is 22.7 Å². The monoisotopic (exact) mass is 387 g/mol. The molecule has 0 fully saturated rings. The minimum atomic E-state index is -3.34. The van der Waals surface area contributed by atoms with Crippen LogP contribution < -0.4 is 5.32 Å². The third kappa shape index (κ3) is 4.53. The lowest BCUT2D eigenvalue weighted by Gasteiger charge is -2.05. The van der Waals surface area contributed by atoms with E-state index in [0.29, 0.717) is 18.5 Å². The van der Waals surface area contributed by atoms with E-state index < -0.39 is 9.84 Å². The van der Waals surface area contributed by atoms with E-state index in [2.05, 4.69) is 15.3 Å². The van der Waals surface area contributed by atoms with Crippen LogP contribution in [0.15, 0.2) is 58.9 Å². The number of nitrogens with one attached hydrogen (secondary N) is 1. The molecule has 26 heavy (non-hydrogen) atoms. The Labute approximate surface area is 155 Å². The van der Waals surface area contributed by atoms with Gasteiger partial charge in [-0.15, -0.1) is 11.3 Å². The molecule has 0 aliphatic carbocycles. The molecule has 0 radical (unpaired) electrons. The number of rotatable bonds is 6. The molecule has 1 amide bonds. The van der Waals surface area contributed by atoms with Gasteiger partial charge in [0.2, 0.25) is 0 Å². The van der Waals surface area contributed by atoms with Gasteiger partial charge in [0.05, 0.1) is 21.3 Å². The summed E-state index contributed by atoms with van der Waals surface area (Å²) in [7, 11) is -3.34. The number of carbonyl (C=O) groups is 1. The first-order valence-electron chi connectivity index (χ1n) is 7.87. The van der Waals surface area contributed by atoms with E-state index in [9.17, 15) is 13.2 Å². The van der Waals surface area contributed by atoms with Gasteiger partial charge in [0.25, 0.3) is 5.91 Å². The van der Waals surface area contributed by atoms with Crippen LogP contribution in [-0.2, 0) is 16.3 Å². The number of sulfone groups is 1. The summed E-state index contributed by atoms with van der Waals surface area (Å²) in [5.41, 5.74) is 1.95. The maximum absolute atomic E-state index is 12.2. The first-order valence-corrected chi connectivity index (χ1v) is 10.6. The topological polar surface area (TPSA) is 89.0 Å². The number of thiazole rings is 1. The number of hydrogen-bond donors (Lipinski definition) is 1. The van der Waals surface area contributed by atoms with Crippen molar-refractivity contribution in [1.29, 1.82) is 0 Å². The molecule has 2 aromatic heterocycles. The minimum Gasteiger partial charge on any atom is -0.352 e. The number of nitrogens with zero attached hydrogens (tertiary/aromatic N) is 2. The molecule has 0 bridgehead atoms. The Morgan fingerprint density at radius 2 is 2.00 bits per heavy atom. The van der Waals surface area contributed by atoms with Gasteiger partial charge >= 0.3 is 0 Å². The van der Waals surface area contributed by atoms with Gasteiger partial charge in [0.15, 0.2) is 9.84 Å². The van der Waals surface area contributed by atoms with Crippen molar-refractivity contribution in [1.82, 2.24) is 15.3 Å². The van der Waals surface area contributed by atoms with Crippen molar-refractivity contribution in [2.24, 2.45) is 0 Å². The summed E-state index contributed by atoms with van der Waals surface area (Å²) in [5, 5.41) is 5.63. The van der Waals surface area contributed by atoms with Crippen LogP contribution in [0.4, 0.5) is 0 Å². The minimum absolute atomic E-state index is 0.130. The van der Waals surface area contributed by atoms with Gasteiger partial charge in [-0.3, -0.25) is 9.78 Å². The van der Waals surface area contributed by atoms with Gasteiger partial charge in [-0.25, -0.2) is 13.4 Å². The van der Waals surface area contributed by atoms with Crippen LogP contribution in [0.25, 0.3) is 11.4 Å². The number of aromatic nitrogens is 2. The Morgan fingerprint density at radius 1 is 1.15 bits per heavy atom. The first-order chi connectivity index (χ1) is 12.4. The zero-order valence-electron chi connectivity index (χ0n) is 14.0.